The third kappa shape index (κ3) is 4.03. The van der Waals surface area contributed by atoms with Crippen molar-refractivity contribution < 1.29 is 4.74 Å². The molecule has 0 atom stereocenters. The SMILES string of the molecule is COCCN1CCN(c2ccc(/C=C/c3n[nH]c4ccccc34)c(N)c2)CC1. The molecule has 0 amide bonds. The Morgan fingerprint density at radius 2 is 1.93 bits per heavy atom. The molecule has 6 nitrogen and oxygen atoms in total. The van der Waals surface area contributed by atoms with Gasteiger partial charge in [0.05, 0.1) is 17.8 Å². The highest BCUT2D eigenvalue weighted by Crippen LogP contribution is 2.25. The van der Waals surface area contributed by atoms with E-state index in [0.29, 0.717) is 0 Å². The predicted octanol–water partition coefficient (Wildman–Crippen LogP) is 3.08. The first-order chi connectivity index (χ1) is 13.7. The Hall–Kier alpha value is -2.83. The molecule has 1 aromatic heterocycles. The van der Waals surface area contributed by atoms with Crippen LogP contribution in [0.2, 0.25) is 0 Å². The van der Waals surface area contributed by atoms with E-state index in [1.807, 2.05) is 30.4 Å². The summed E-state index contributed by atoms with van der Waals surface area (Å²) < 4.78 is 5.17. The highest BCUT2D eigenvalue weighted by molar-refractivity contribution is 5.90. The molecule has 1 aliphatic rings. The number of methoxy groups -OCH3 is 1. The Balaban J connectivity index is 1.43. The van der Waals surface area contributed by atoms with Gasteiger partial charge in [-0.05, 0) is 29.8 Å². The number of hydrogen-bond donors (Lipinski definition) is 2. The van der Waals surface area contributed by atoms with Crippen LogP contribution in [0, 0.1) is 0 Å². The largest absolute Gasteiger partial charge is 0.398 e. The van der Waals surface area contributed by atoms with E-state index in [4.69, 9.17) is 10.5 Å². The molecule has 3 N–H and O–H groups in total. The number of nitrogens with one attached hydrogen (secondary N) is 1. The Bertz CT molecular complexity index is 956. The van der Waals surface area contributed by atoms with Crippen LogP contribution in [0.5, 0.6) is 0 Å². The minimum atomic E-state index is 0.787. The molecule has 0 aliphatic carbocycles. The maximum atomic E-state index is 6.34. The van der Waals surface area contributed by atoms with Gasteiger partial charge in [0.15, 0.2) is 0 Å². The number of anilines is 2. The van der Waals surface area contributed by atoms with E-state index in [1.165, 1.54) is 5.69 Å². The third-order valence-corrected chi connectivity index (χ3v) is 5.34. The summed E-state index contributed by atoms with van der Waals surface area (Å²) in [6.07, 6.45) is 4.04. The topological polar surface area (TPSA) is 70.4 Å². The lowest BCUT2D eigenvalue weighted by Crippen LogP contribution is -2.47. The smallest absolute Gasteiger partial charge is 0.0927 e. The molecule has 1 aliphatic heterocycles. The Morgan fingerprint density at radius 3 is 2.71 bits per heavy atom. The molecule has 2 aromatic carbocycles. The van der Waals surface area contributed by atoms with Crippen LogP contribution in [0.4, 0.5) is 11.4 Å². The van der Waals surface area contributed by atoms with Crippen molar-refractivity contribution in [3.8, 4) is 0 Å². The fraction of sp³-hybridized carbons (Fsp3) is 0.318. The van der Waals surface area contributed by atoms with Crippen molar-refractivity contribution in [3.63, 3.8) is 0 Å². The van der Waals surface area contributed by atoms with Gasteiger partial charge in [-0.25, -0.2) is 0 Å². The average molecular weight is 377 g/mol. The van der Waals surface area contributed by atoms with Gasteiger partial charge in [0, 0.05) is 56.6 Å². The van der Waals surface area contributed by atoms with E-state index >= 15 is 0 Å². The number of H-pyrrole nitrogens is 1. The molecule has 0 saturated carbocycles. The molecule has 3 aromatic rings. The van der Waals surface area contributed by atoms with Crippen molar-refractivity contribution in [2.75, 3.05) is 57.1 Å². The van der Waals surface area contributed by atoms with E-state index in [-0.39, 0.29) is 0 Å². The van der Waals surface area contributed by atoms with Crippen LogP contribution >= 0.6 is 0 Å². The Morgan fingerprint density at radius 1 is 1.11 bits per heavy atom. The molecule has 2 heterocycles. The molecule has 1 fully saturated rings. The number of rotatable bonds is 6. The normalized spacial score (nSPS) is 15.7. The summed E-state index contributed by atoms with van der Waals surface area (Å²) in [7, 11) is 1.75. The van der Waals surface area contributed by atoms with Crippen molar-refractivity contribution in [2.24, 2.45) is 0 Å². The number of aromatic amines is 1. The van der Waals surface area contributed by atoms with Crippen LogP contribution in [-0.4, -0.2) is 61.5 Å². The number of hydrogen-bond acceptors (Lipinski definition) is 5. The van der Waals surface area contributed by atoms with Gasteiger partial charge in [-0.2, -0.15) is 5.10 Å². The van der Waals surface area contributed by atoms with Crippen molar-refractivity contribution in [1.29, 1.82) is 0 Å². The minimum Gasteiger partial charge on any atom is -0.398 e. The lowest BCUT2D eigenvalue weighted by Gasteiger charge is -2.36. The molecule has 1 saturated heterocycles. The summed E-state index contributed by atoms with van der Waals surface area (Å²) in [5.41, 5.74) is 11.3. The van der Waals surface area contributed by atoms with Gasteiger partial charge < -0.3 is 15.4 Å². The molecule has 6 heteroatoms. The van der Waals surface area contributed by atoms with E-state index in [0.717, 1.165) is 67.2 Å². The molecule has 146 valence electrons. The molecule has 4 rings (SSSR count). The number of nitrogens with zero attached hydrogens (tertiary/aromatic N) is 3. The maximum absolute atomic E-state index is 6.34. The zero-order chi connectivity index (χ0) is 19.3. The number of nitrogens with two attached hydrogens (primary N) is 1. The maximum Gasteiger partial charge on any atom is 0.0927 e. The molecular formula is C22H27N5O. The molecule has 0 unspecified atom stereocenters. The van der Waals surface area contributed by atoms with Gasteiger partial charge in [-0.3, -0.25) is 10.00 Å². The average Bonchev–Trinajstić information content (AvgIpc) is 3.15. The van der Waals surface area contributed by atoms with Crippen LogP contribution in [-0.2, 0) is 4.74 Å². The first-order valence-electron chi connectivity index (χ1n) is 9.71. The van der Waals surface area contributed by atoms with E-state index < -0.39 is 0 Å². The van der Waals surface area contributed by atoms with E-state index in [2.05, 4.69) is 44.3 Å². The van der Waals surface area contributed by atoms with Gasteiger partial charge in [0.2, 0.25) is 0 Å². The fourth-order valence-corrected chi connectivity index (χ4v) is 3.64. The lowest BCUT2D eigenvalue weighted by atomic mass is 10.1. The highest BCUT2D eigenvalue weighted by atomic mass is 16.5. The van der Waals surface area contributed by atoms with Crippen molar-refractivity contribution in [1.82, 2.24) is 15.1 Å². The van der Waals surface area contributed by atoms with Crippen LogP contribution in [0.25, 0.3) is 23.1 Å². The van der Waals surface area contributed by atoms with Crippen LogP contribution < -0.4 is 10.6 Å². The number of ether oxygens (including phenoxy) is 1. The molecule has 0 bridgehead atoms. The Labute approximate surface area is 165 Å². The molecule has 0 radical (unpaired) electrons. The summed E-state index contributed by atoms with van der Waals surface area (Å²) in [6, 6.07) is 14.4. The van der Waals surface area contributed by atoms with Gasteiger partial charge in [-0.1, -0.05) is 30.3 Å². The second kappa shape index (κ2) is 8.46. The van der Waals surface area contributed by atoms with Crippen molar-refractivity contribution in [3.05, 3.63) is 53.7 Å². The number of fused-ring (bicyclic) bond motifs is 1. The minimum absolute atomic E-state index is 0.787. The van der Waals surface area contributed by atoms with Gasteiger partial charge in [0.1, 0.15) is 0 Å². The van der Waals surface area contributed by atoms with Crippen LogP contribution in [0.15, 0.2) is 42.5 Å². The number of nitrogen functional groups attached to an aromatic ring is 1. The number of aromatic nitrogens is 2. The van der Waals surface area contributed by atoms with Gasteiger partial charge in [0.25, 0.3) is 0 Å². The van der Waals surface area contributed by atoms with Gasteiger partial charge >= 0.3 is 0 Å². The zero-order valence-corrected chi connectivity index (χ0v) is 16.3. The highest BCUT2D eigenvalue weighted by Gasteiger charge is 2.17. The quantitative estimate of drug-likeness (QED) is 0.646. The number of benzene rings is 2. The monoisotopic (exact) mass is 377 g/mol. The second-order valence-corrected chi connectivity index (χ2v) is 7.12. The summed E-state index contributed by atoms with van der Waals surface area (Å²) >= 11 is 0. The summed E-state index contributed by atoms with van der Waals surface area (Å²) in [4.78, 5) is 4.84. The van der Waals surface area contributed by atoms with Crippen LogP contribution in [0.1, 0.15) is 11.3 Å². The van der Waals surface area contributed by atoms with Crippen molar-refractivity contribution in [2.45, 2.75) is 0 Å². The summed E-state index contributed by atoms with van der Waals surface area (Å²) in [6.45, 7) is 5.92. The first-order valence-corrected chi connectivity index (χ1v) is 9.71. The predicted molar refractivity (Wildman–Crippen MR) is 116 cm³/mol. The number of piperazine rings is 1. The van der Waals surface area contributed by atoms with Crippen molar-refractivity contribution >= 4 is 34.4 Å². The first kappa shape index (κ1) is 18.5. The number of para-hydroxylation sites is 1. The second-order valence-electron chi connectivity index (χ2n) is 7.12. The van der Waals surface area contributed by atoms with E-state index in [9.17, 15) is 0 Å². The summed E-state index contributed by atoms with van der Waals surface area (Å²) in [5.74, 6) is 0. The van der Waals surface area contributed by atoms with Gasteiger partial charge in [-0.15, -0.1) is 0 Å². The molecule has 0 spiro atoms. The standard InChI is InChI=1S/C22H27N5O/c1-28-15-14-26-10-12-27(13-11-26)18-8-6-17(20(23)16-18)7-9-22-19-4-2-3-5-21(19)24-25-22/h2-9,16H,10-15,23H2,1H3,(H,24,25)/b9-7+. The summed E-state index contributed by atoms with van der Waals surface area (Å²) in [5, 5.41) is 8.55. The lowest BCUT2D eigenvalue weighted by molar-refractivity contribution is 0.144. The molecular weight excluding hydrogens is 350 g/mol. The zero-order valence-electron chi connectivity index (χ0n) is 16.3. The Kier molecular flexibility index (Phi) is 5.60. The fourth-order valence-electron chi connectivity index (χ4n) is 3.64. The molecule has 28 heavy (non-hydrogen) atoms. The van der Waals surface area contributed by atoms with Crippen LogP contribution in [0.3, 0.4) is 0 Å². The van der Waals surface area contributed by atoms with E-state index in [1.54, 1.807) is 7.11 Å². The third-order valence-electron chi connectivity index (χ3n) is 5.34.